The summed E-state index contributed by atoms with van der Waals surface area (Å²) in [6.07, 6.45) is -0.00811. The molecule has 0 saturated carbocycles. The highest BCUT2D eigenvalue weighted by molar-refractivity contribution is 4.98. The van der Waals surface area contributed by atoms with Gasteiger partial charge in [0.05, 0.1) is 18.2 Å². The molecule has 0 aromatic carbocycles. The summed E-state index contributed by atoms with van der Waals surface area (Å²) in [7, 11) is 1.63. The molecule has 6 nitrogen and oxygen atoms in total. The van der Waals surface area contributed by atoms with Crippen molar-refractivity contribution in [3.63, 3.8) is 0 Å². The molecule has 0 aliphatic heterocycles. The van der Waals surface area contributed by atoms with Gasteiger partial charge in [-0.3, -0.25) is 0 Å². The topological polar surface area (TPSA) is 83.4 Å². The third-order valence-electron chi connectivity index (χ3n) is 1.94. The third-order valence-corrected chi connectivity index (χ3v) is 1.94. The van der Waals surface area contributed by atoms with Crippen molar-refractivity contribution in [2.45, 2.75) is 39.0 Å². The van der Waals surface area contributed by atoms with Gasteiger partial charge in [0.15, 0.2) is 5.82 Å². The van der Waals surface area contributed by atoms with Gasteiger partial charge in [-0.05, 0) is 20.8 Å². The Labute approximate surface area is 95.1 Å². The Kier molecular flexibility index (Phi) is 4.40. The van der Waals surface area contributed by atoms with Crippen LogP contribution in [0, 0.1) is 0 Å². The standard InChI is InChI=1S/C10H19N3O3/c1-7(5-14-4)15-6-8-12-9(13-16-8)10(2,3)11/h7H,5-6,11H2,1-4H3. The maximum atomic E-state index is 5.83. The molecule has 1 atom stereocenters. The number of methoxy groups -OCH3 is 1. The van der Waals surface area contributed by atoms with Crippen molar-refractivity contribution in [1.82, 2.24) is 10.1 Å². The van der Waals surface area contributed by atoms with Gasteiger partial charge in [0.2, 0.25) is 0 Å². The summed E-state index contributed by atoms with van der Waals surface area (Å²) < 4.78 is 15.4. The van der Waals surface area contributed by atoms with Crippen molar-refractivity contribution in [2.75, 3.05) is 13.7 Å². The summed E-state index contributed by atoms with van der Waals surface area (Å²) in [4.78, 5) is 4.15. The van der Waals surface area contributed by atoms with Crippen LogP contribution in [0.25, 0.3) is 0 Å². The van der Waals surface area contributed by atoms with Gasteiger partial charge in [0, 0.05) is 7.11 Å². The first-order valence-corrected chi connectivity index (χ1v) is 5.16. The van der Waals surface area contributed by atoms with Crippen molar-refractivity contribution in [3.8, 4) is 0 Å². The van der Waals surface area contributed by atoms with E-state index in [9.17, 15) is 0 Å². The zero-order valence-corrected chi connectivity index (χ0v) is 10.2. The van der Waals surface area contributed by atoms with E-state index in [1.807, 2.05) is 20.8 Å². The van der Waals surface area contributed by atoms with Crippen molar-refractivity contribution >= 4 is 0 Å². The molecule has 1 aromatic rings. The van der Waals surface area contributed by atoms with E-state index in [-0.39, 0.29) is 12.7 Å². The number of hydrogen-bond donors (Lipinski definition) is 1. The average Bonchev–Trinajstić information content (AvgIpc) is 2.63. The molecule has 1 aromatic heterocycles. The lowest BCUT2D eigenvalue weighted by atomic mass is 10.1. The Balaban J connectivity index is 2.47. The minimum atomic E-state index is -0.597. The van der Waals surface area contributed by atoms with Crippen molar-refractivity contribution in [3.05, 3.63) is 11.7 Å². The van der Waals surface area contributed by atoms with Crippen LogP contribution < -0.4 is 5.73 Å². The Morgan fingerprint density at radius 2 is 2.19 bits per heavy atom. The second kappa shape index (κ2) is 5.38. The fraction of sp³-hybridized carbons (Fsp3) is 0.800. The van der Waals surface area contributed by atoms with Gasteiger partial charge >= 0.3 is 0 Å². The van der Waals surface area contributed by atoms with Crippen LogP contribution in [0.4, 0.5) is 0 Å². The van der Waals surface area contributed by atoms with Crippen molar-refractivity contribution in [2.24, 2.45) is 5.73 Å². The number of aromatic nitrogens is 2. The quantitative estimate of drug-likeness (QED) is 0.777. The average molecular weight is 229 g/mol. The fourth-order valence-electron chi connectivity index (χ4n) is 1.07. The van der Waals surface area contributed by atoms with E-state index >= 15 is 0 Å². The van der Waals surface area contributed by atoms with E-state index in [0.29, 0.717) is 18.3 Å². The summed E-state index contributed by atoms with van der Waals surface area (Å²) >= 11 is 0. The van der Waals surface area contributed by atoms with E-state index < -0.39 is 5.54 Å². The van der Waals surface area contributed by atoms with Crippen LogP contribution >= 0.6 is 0 Å². The van der Waals surface area contributed by atoms with Gasteiger partial charge in [-0.1, -0.05) is 5.16 Å². The predicted octanol–water partition coefficient (Wildman–Crippen LogP) is 0.815. The molecule has 1 rings (SSSR count). The second-order valence-electron chi connectivity index (χ2n) is 4.31. The first-order valence-electron chi connectivity index (χ1n) is 5.16. The Bertz CT molecular complexity index is 319. The molecular weight excluding hydrogens is 210 g/mol. The van der Waals surface area contributed by atoms with Gasteiger partial charge in [-0.25, -0.2) is 0 Å². The lowest BCUT2D eigenvalue weighted by Gasteiger charge is -2.11. The lowest BCUT2D eigenvalue weighted by Crippen LogP contribution is -2.30. The molecule has 0 spiro atoms. The monoisotopic (exact) mass is 229 g/mol. The molecule has 2 N–H and O–H groups in total. The minimum absolute atomic E-state index is 0.00811. The van der Waals surface area contributed by atoms with Gasteiger partial charge in [-0.15, -0.1) is 0 Å². The molecule has 1 heterocycles. The molecule has 6 heteroatoms. The summed E-state index contributed by atoms with van der Waals surface area (Å²) in [5, 5.41) is 3.79. The maximum absolute atomic E-state index is 5.83. The molecule has 0 aliphatic carbocycles. The highest BCUT2D eigenvalue weighted by Crippen LogP contribution is 2.13. The van der Waals surface area contributed by atoms with Crippen LogP contribution in [0.15, 0.2) is 4.52 Å². The number of nitrogens with zero attached hydrogens (tertiary/aromatic N) is 2. The highest BCUT2D eigenvalue weighted by Gasteiger charge is 2.21. The molecule has 1 unspecified atom stereocenters. The van der Waals surface area contributed by atoms with Crippen molar-refractivity contribution in [1.29, 1.82) is 0 Å². The summed E-state index contributed by atoms with van der Waals surface area (Å²) in [5.74, 6) is 0.905. The normalized spacial score (nSPS) is 14.1. The maximum Gasteiger partial charge on any atom is 0.252 e. The van der Waals surface area contributed by atoms with Gasteiger partial charge in [-0.2, -0.15) is 4.98 Å². The van der Waals surface area contributed by atoms with Gasteiger partial charge in [0.25, 0.3) is 5.89 Å². The largest absolute Gasteiger partial charge is 0.382 e. The zero-order chi connectivity index (χ0) is 12.2. The lowest BCUT2D eigenvalue weighted by molar-refractivity contribution is -0.00955. The van der Waals surface area contributed by atoms with E-state index in [1.165, 1.54) is 0 Å². The van der Waals surface area contributed by atoms with Crippen LogP contribution in [0.5, 0.6) is 0 Å². The van der Waals surface area contributed by atoms with Crippen LogP contribution in [-0.4, -0.2) is 30.0 Å². The smallest absolute Gasteiger partial charge is 0.252 e. The molecule has 92 valence electrons. The van der Waals surface area contributed by atoms with E-state index in [2.05, 4.69) is 10.1 Å². The molecule has 0 fully saturated rings. The fourth-order valence-corrected chi connectivity index (χ4v) is 1.07. The number of ether oxygens (including phenoxy) is 2. The van der Waals surface area contributed by atoms with Crippen LogP contribution in [0.1, 0.15) is 32.5 Å². The van der Waals surface area contributed by atoms with E-state index in [4.69, 9.17) is 19.7 Å². The Morgan fingerprint density at radius 3 is 2.69 bits per heavy atom. The SMILES string of the molecule is COCC(C)OCc1nc(C(C)(C)N)no1. The summed E-state index contributed by atoms with van der Waals surface area (Å²) in [6.45, 7) is 6.34. The molecule has 0 amide bonds. The molecule has 0 aliphatic rings. The Hall–Kier alpha value is -0.980. The summed E-state index contributed by atoms with van der Waals surface area (Å²) in [5.41, 5.74) is 5.23. The molecular formula is C10H19N3O3. The highest BCUT2D eigenvalue weighted by atomic mass is 16.5. The summed E-state index contributed by atoms with van der Waals surface area (Å²) in [6, 6.07) is 0. The Morgan fingerprint density at radius 1 is 1.50 bits per heavy atom. The van der Waals surface area contributed by atoms with Crippen LogP contribution in [0.3, 0.4) is 0 Å². The van der Waals surface area contributed by atoms with Gasteiger partial charge < -0.3 is 19.7 Å². The minimum Gasteiger partial charge on any atom is -0.382 e. The molecule has 0 saturated heterocycles. The zero-order valence-electron chi connectivity index (χ0n) is 10.2. The predicted molar refractivity (Wildman–Crippen MR) is 57.6 cm³/mol. The van der Waals surface area contributed by atoms with Crippen molar-refractivity contribution < 1.29 is 14.0 Å². The van der Waals surface area contributed by atoms with E-state index in [1.54, 1.807) is 7.11 Å². The van der Waals surface area contributed by atoms with E-state index in [0.717, 1.165) is 0 Å². The molecule has 0 radical (unpaired) electrons. The second-order valence-corrected chi connectivity index (χ2v) is 4.31. The number of hydrogen-bond acceptors (Lipinski definition) is 6. The number of rotatable bonds is 6. The molecule has 0 bridgehead atoms. The van der Waals surface area contributed by atoms with Crippen LogP contribution in [-0.2, 0) is 21.6 Å². The first-order chi connectivity index (χ1) is 7.43. The first kappa shape index (κ1) is 13.1. The third kappa shape index (κ3) is 3.88. The van der Waals surface area contributed by atoms with Crippen LogP contribution in [0.2, 0.25) is 0 Å². The number of nitrogens with two attached hydrogens (primary N) is 1. The van der Waals surface area contributed by atoms with Gasteiger partial charge in [0.1, 0.15) is 6.61 Å². The molecule has 16 heavy (non-hydrogen) atoms.